The predicted octanol–water partition coefficient (Wildman–Crippen LogP) is 2.90. The van der Waals surface area contributed by atoms with Crippen LogP contribution < -0.4 is 5.32 Å². The van der Waals surface area contributed by atoms with Gasteiger partial charge in [-0.25, -0.2) is 4.98 Å². The van der Waals surface area contributed by atoms with Crippen molar-refractivity contribution in [2.45, 2.75) is 32.9 Å². The van der Waals surface area contributed by atoms with Gasteiger partial charge in [-0.1, -0.05) is 24.3 Å². The van der Waals surface area contributed by atoms with Crippen molar-refractivity contribution >= 4 is 22.8 Å². The Balaban J connectivity index is 1.33. The van der Waals surface area contributed by atoms with Gasteiger partial charge in [0.25, 0.3) is 5.91 Å². The fraction of sp³-hybridized carbons (Fsp3) is 0.318. The highest BCUT2D eigenvalue weighted by Gasteiger charge is 2.20. The maximum absolute atomic E-state index is 12.4. The topological polar surface area (TPSA) is 67.2 Å². The van der Waals surface area contributed by atoms with Gasteiger partial charge in [0.15, 0.2) is 0 Å². The molecule has 28 heavy (non-hydrogen) atoms. The third kappa shape index (κ3) is 3.76. The zero-order valence-electron chi connectivity index (χ0n) is 16.0. The molecular weight excluding hydrogens is 352 g/mol. The first-order valence-corrected chi connectivity index (χ1v) is 9.68. The smallest absolute Gasteiger partial charge is 0.251 e. The Kier molecular flexibility index (Phi) is 5.10. The highest BCUT2D eigenvalue weighted by molar-refractivity contribution is 5.94. The van der Waals surface area contributed by atoms with Crippen LogP contribution in [0.5, 0.6) is 0 Å². The quantitative estimate of drug-likeness (QED) is 0.719. The van der Waals surface area contributed by atoms with E-state index in [-0.39, 0.29) is 11.8 Å². The summed E-state index contributed by atoms with van der Waals surface area (Å²) < 4.78 is 2.12. The number of hydrogen-bond donors (Lipinski definition) is 1. The average Bonchev–Trinajstić information content (AvgIpc) is 3.25. The minimum atomic E-state index is -0.0918. The minimum Gasteiger partial charge on any atom is -0.350 e. The summed E-state index contributed by atoms with van der Waals surface area (Å²) in [5.74, 6) is 1.06. The molecule has 6 nitrogen and oxygen atoms in total. The lowest BCUT2D eigenvalue weighted by atomic mass is 10.1. The van der Waals surface area contributed by atoms with Gasteiger partial charge >= 0.3 is 0 Å². The number of imidazole rings is 1. The second-order valence-corrected chi connectivity index (χ2v) is 7.17. The number of aromatic nitrogens is 2. The molecule has 0 atom stereocenters. The molecule has 1 N–H and O–H groups in total. The van der Waals surface area contributed by atoms with Crippen LogP contribution in [0.25, 0.3) is 11.0 Å². The Labute approximate surface area is 164 Å². The Morgan fingerprint density at radius 3 is 2.68 bits per heavy atom. The number of carbonyl (C=O) groups is 2. The summed E-state index contributed by atoms with van der Waals surface area (Å²) in [6.45, 7) is 4.63. The molecule has 1 fully saturated rings. The maximum Gasteiger partial charge on any atom is 0.251 e. The molecule has 1 aliphatic rings. The zero-order chi connectivity index (χ0) is 19.5. The van der Waals surface area contributed by atoms with E-state index in [4.69, 9.17) is 0 Å². The molecule has 0 unspecified atom stereocenters. The molecule has 0 radical (unpaired) electrons. The highest BCUT2D eigenvalue weighted by atomic mass is 16.2. The molecule has 2 aromatic carbocycles. The van der Waals surface area contributed by atoms with E-state index in [2.05, 4.69) is 14.9 Å². The summed E-state index contributed by atoms with van der Waals surface area (Å²) in [6.07, 6.45) is 1.58. The third-order valence-corrected chi connectivity index (χ3v) is 5.23. The summed E-state index contributed by atoms with van der Waals surface area (Å²) >= 11 is 0. The summed E-state index contributed by atoms with van der Waals surface area (Å²) in [7, 11) is 0. The van der Waals surface area contributed by atoms with Crippen molar-refractivity contribution in [1.82, 2.24) is 19.8 Å². The minimum absolute atomic E-state index is 0.0918. The number of nitrogens with one attached hydrogen (secondary N) is 1. The monoisotopic (exact) mass is 376 g/mol. The van der Waals surface area contributed by atoms with Crippen LogP contribution >= 0.6 is 0 Å². The van der Waals surface area contributed by atoms with Crippen molar-refractivity contribution in [3.8, 4) is 0 Å². The maximum atomic E-state index is 12.4. The number of likely N-dealkylation sites (tertiary alicyclic amines) is 1. The van der Waals surface area contributed by atoms with Crippen LogP contribution in [0.1, 0.15) is 34.6 Å². The second-order valence-electron chi connectivity index (χ2n) is 7.17. The van der Waals surface area contributed by atoms with Gasteiger partial charge in [-0.05, 0) is 43.2 Å². The third-order valence-electron chi connectivity index (χ3n) is 5.23. The predicted molar refractivity (Wildman–Crippen MR) is 108 cm³/mol. The van der Waals surface area contributed by atoms with E-state index in [0.29, 0.717) is 31.6 Å². The van der Waals surface area contributed by atoms with Crippen molar-refractivity contribution < 1.29 is 9.59 Å². The SMILES string of the molecule is Cc1nc2ccccc2n1CCNC(=O)c1ccc(CN2CCCC2=O)cc1. The normalized spacial score (nSPS) is 14.0. The molecule has 2 heterocycles. The number of fused-ring (bicyclic) bond motifs is 1. The summed E-state index contributed by atoms with van der Waals surface area (Å²) in [4.78, 5) is 30.6. The first-order chi connectivity index (χ1) is 13.6. The Hall–Kier alpha value is -3.15. The van der Waals surface area contributed by atoms with E-state index in [1.165, 1.54) is 0 Å². The number of amides is 2. The zero-order valence-corrected chi connectivity index (χ0v) is 16.0. The van der Waals surface area contributed by atoms with E-state index in [0.717, 1.165) is 35.4 Å². The summed E-state index contributed by atoms with van der Waals surface area (Å²) in [6, 6.07) is 15.5. The van der Waals surface area contributed by atoms with Crippen molar-refractivity contribution in [2.24, 2.45) is 0 Å². The standard InChI is InChI=1S/C22H24N4O2/c1-16-24-19-5-2-3-6-20(19)26(16)14-12-23-22(28)18-10-8-17(9-11-18)15-25-13-4-7-21(25)27/h2-3,5-6,8-11H,4,7,12-15H2,1H3,(H,23,28). The van der Waals surface area contributed by atoms with Crippen LogP contribution in [0, 0.1) is 6.92 Å². The first-order valence-electron chi connectivity index (χ1n) is 9.68. The van der Waals surface area contributed by atoms with Gasteiger partial charge in [0.1, 0.15) is 5.82 Å². The van der Waals surface area contributed by atoms with E-state index >= 15 is 0 Å². The fourth-order valence-electron chi connectivity index (χ4n) is 3.71. The second kappa shape index (κ2) is 7.84. The molecule has 1 saturated heterocycles. The van der Waals surface area contributed by atoms with Gasteiger partial charge in [-0.15, -0.1) is 0 Å². The van der Waals surface area contributed by atoms with E-state index in [1.54, 1.807) is 0 Å². The van der Waals surface area contributed by atoms with Crippen LogP contribution in [0.2, 0.25) is 0 Å². The molecule has 4 rings (SSSR count). The van der Waals surface area contributed by atoms with Gasteiger partial charge in [0.05, 0.1) is 11.0 Å². The van der Waals surface area contributed by atoms with Crippen molar-refractivity contribution in [3.05, 3.63) is 65.5 Å². The first kappa shape index (κ1) is 18.2. The fourth-order valence-corrected chi connectivity index (χ4v) is 3.71. The van der Waals surface area contributed by atoms with Crippen molar-refractivity contribution in [2.75, 3.05) is 13.1 Å². The van der Waals surface area contributed by atoms with E-state index < -0.39 is 0 Å². The van der Waals surface area contributed by atoms with Crippen LogP contribution in [0.15, 0.2) is 48.5 Å². The van der Waals surface area contributed by atoms with Crippen molar-refractivity contribution in [1.29, 1.82) is 0 Å². The number of rotatable bonds is 6. The molecule has 144 valence electrons. The Morgan fingerprint density at radius 2 is 1.93 bits per heavy atom. The van der Waals surface area contributed by atoms with Crippen LogP contribution in [-0.2, 0) is 17.9 Å². The van der Waals surface area contributed by atoms with Crippen LogP contribution in [0.3, 0.4) is 0 Å². The van der Waals surface area contributed by atoms with Gasteiger partial charge < -0.3 is 14.8 Å². The molecule has 1 aromatic heterocycles. The Morgan fingerprint density at radius 1 is 1.14 bits per heavy atom. The lowest BCUT2D eigenvalue weighted by molar-refractivity contribution is -0.128. The number of hydrogen-bond acceptors (Lipinski definition) is 3. The summed E-state index contributed by atoms with van der Waals surface area (Å²) in [5.41, 5.74) is 3.73. The number of para-hydroxylation sites is 2. The van der Waals surface area contributed by atoms with Gasteiger partial charge in [-0.3, -0.25) is 9.59 Å². The lowest BCUT2D eigenvalue weighted by Crippen LogP contribution is -2.27. The molecule has 0 saturated carbocycles. The molecule has 0 spiro atoms. The highest BCUT2D eigenvalue weighted by Crippen LogP contribution is 2.16. The molecule has 0 bridgehead atoms. The van der Waals surface area contributed by atoms with E-state index in [9.17, 15) is 9.59 Å². The van der Waals surface area contributed by atoms with Crippen LogP contribution in [-0.4, -0.2) is 39.4 Å². The lowest BCUT2D eigenvalue weighted by Gasteiger charge is -2.15. The molecule has 6 heteroatoms. The number of carbonyl (C=O) groups excluding carboxylic acids is 2. The van der Waals surface area contributed by atoms with Gasteiger partial charge in [0.2, 0.25) is 5.91 Å². The Bertz CT molecular complexity index is 1010. The number of nitrogens with zero attached hydrogens (tertiary/aromatic N) is 3. The molecule has 3 aromatic rings. The summed E-state index contributed by atoms with van der Waals surface area (Å²) in [5, 5.41) is 2.98. The van der Waals surface area contributed by atoms with Crippen molar-refractivity contribution in [3.63, 3.8) is 0 Å². The van der Waals surface area contributed by atoms with Gasteiger partial charge in [0, 0.05) is 38.2 Å². The van der Waals surface area contributed by atoms with Gasteiger partial charge in [-0.2, -0.15) is 0 Å². The molecule has 0 aliphatic carbocycles. The van der Waals surface area contributed by atoms with Crippen LogP contribution in [0.4, 0.5) is 0 Å². The largest absolute Gasteiger partial charge is 0.350 e. The number of aryl methyl sites for hydroxylation is 1. The molecular formula is C22H24N4O2. The molecule has 1 aliphatic heterocycles. The van der Waals surface area contributed by atoms with E-state index in [1.807, 2.05) is 60.4 Å². The number of benzene rings is 2. The molecule has 2 amide bonds. The average molecular weight is 376 g/mol.